The maximum Gasteiger partial charge on any atom is 0.417 e. The Balaban J connectivity index is 1.98. The third kappa shape index (κ3) is 4.38. The first-order chi connectivity index (χ1) is 10.7. The van der Waals surface area contributed by atoms with Gasteiger partial charge in [-0.1, -0.05) is 15.9 Å². The van der Waals surface area contributed by atoms with Gasteiger partial charge in [0.05, 0.1) is 18.2 Å². The van der Waals surface area contributed by atoms with Crippen LogP contribution in [-0.2, 0) is 11.0 Å². The lowest BCUT2D eigenvalue weighted by Gasteiger charge is -2.23. The number of hydrogen-bond donors (Lipinski definition) is 2. The molecule has 124 valence electrons. The van der Waals surface area contributed by atoms with Gasteiger partial charge >= 0.3 is 6.18 Å². The highest BCUT2D eigenvalue weighted by molar-refractivity contribution is 9.10. The van der Waals surface area contributed by atoms with E-state index in [2.05, 4.69) is 32.6 Å². The van der Waals surface area contributed by atoms with Crippen LogP contribution in [-0.4, -0.2) is 18.0 Å². The number of rotatable bonds is 5. The molecule has 8 heteroatoms. The molecule has 1 aromatic carbocycles. The number of carbonyl (C=O) groups is 1. The lowest BCUT2D eigenvalue weighted by atomic mass is 9.98. The summed E-state index contributed by atoms with van der Waals surface area (Å²) in [4.78, 5) is 11.9. The van der Waals surface area contributed by atoms with Gasteiger partial charge in [-0.25, -0.2) is 0 Å². The smallest absolute Gasteiger partial charge is 0.376 e. The lowest BCUT2D eigenvalue weighted by Crippen LogP contribution is -2.48. The summed E-state index contributed by atoms with van der Waals surface area (Å²) in [5.41, 5.74) is -1.56. The van der Waals surface area contributed by atoms with Crippen molar-refractivity contribution in [2.24, 2.45) is 5.92 Å². The largest absolute Gasteiger partial charge is 0.417 e. The standard InChI is InChI=1S/C15H15BrF3N3O/c1-14(8-20,9-2-3-9)22-13(23)7-21-10-4-5-12(16)11(6-10)15(17,18)19/h4-6,9,21H,2-3,7H2,1H3,(H,22,23). The fourth-order valence-electron chi connectivity index (χ4n) is 2.25. The first-order valence-corrected chi connectivity index (χ1v) is 7.78. The van der Waals surface area contributed by atoms with E-state index in [9.17, 15) is 23.2 Å². The molecule has 2 N–H and O–H groups in total. The molecule has 0 bridgehead atoms. The number of benzene rings is 1. The summed E-state index contributed by atoms with van der Waals surface area (Å²) in [6.07, 6.45) is -2.71. The molecule has 0 radical (unpaired) electrons. The molecule has 1 aliphatic carbocycles. The minimum absolute atomic E-state index is 0.0641. The van der Waals surface area contributed by atoms with E-state index >= 15 is 0 Å². The van der Waals surface area contributed by atoms with Gasteiger partial charge in [-0.3, -0.25) is 4.79 Å². The number of anilines is 1. The maximum atomic E-state index is 12.8. The molecule has 1 atom stereocenters. The summed E-state index contributed by atoms with van der Waals surface area (Å²) in [5, 5.41) is 14.5. The van der Waals surface area contributed by atoms with Crippen molar-refractivity contribution in [1.29, 1.82) is 5.26 Å². The predicted molar refractivity (Wildman–Crippen MR) is 82.5 cm³/mol. The molecule has 1 aliphatic rings. The van der Waals surface area contributed by atoms with Crippen LogP contribution in [0, 0.1) is 17.2 Å². The van der Waals surface area contributed by atoms with Gasteiger partial charge in [0.1, 0.15) is 5.54 Å². The SMILES string of the molecule is CC(C#N)(NC(=O)CNc1ccc(Br)c(C(F)(F)F)c1)C1CC1. The molecule has 2 rings (SSSR count). The van der Waals surface area contributed by atoms with Gasteiger partial charge in [0.15, 0.2) is 0 Å². The van der Waals surface area contributed by atoms with Crippen LogP contribution in [0.1, 0.15) is 25.3 Å². The minimum atomic E-state index is -4.48. The number of nitriles is 1. The molecule has 1 aromatic rings. The summed E-state index contributed by atoms with van der Waals surface area (Å²) >= 11 is 2.86. The number of amides is 1. The first kappa shape index (κ1) is 17.6. The van der Waals surface area contributed by atoms with E-state index in [0.29, 0.717) is 0 Å². The molecule has 0 aliphatic heterocycles. The van der Waals surface area contributed by atoms with Crippen LogP contribution < -0.4 is 10.6 Å². The van der Waals surface area contributed by atoms with E-state index < -0.39 is 23.2 Å². The van der Waals surface area contributed by atoms with E-state index in [1.54, 1.807) is 6.92 Å². The van der Waals surface area contributed by atoms with E-state index in [0.717, 1.165) is 18.9 Å². The predicted octanol–water partition coefficient (Wildman–Crippen LogP) is 3.69. The van der Waals surface area contributed by atoms with E-state index in [1.807, 2.05) is 0 Å². The molecule has 0 spiro atoms. The second-order valence-electron chi connectivity index (χ2n) is 5.68. The van der Waals surface area contributed by atoms with Crippen molar-refractivity contribution in [3.05, 3.63) is 28.2 Å². The Labute approximate surface area is 140 Å². The molecule has 0 heterocycles. The van der Waals surface area contributed by atoms with Crippen LogP contribution in [0.2, 0.25) is 0 Å². The van der Waals surface area contributed by atoms with Crippen molar-refractivity contribution in [1.82, 2.24) is 5.32 Å². The Morgan fingerprint density at radius 3 is 2.61 bits per heavy atom. The van der Waals surface area contributed by atoms with Crippen LogP contribution in [0.15, 0.2) is 22.7 Å². The number of halogens is 4. The average Bonchev–Trinajstić information content (AvgIpc) is 3.30. The second-order valence-corrected chi connectivity index (χ2v) is 6.54. The summed E-state index contributed by atoms with van der Waals surface area (Å²) in [6, 6.07) is 5.74. The molecule has 0 aromatic heterocycles. The monoisotopic (exact) mass is 389 g/mol. The van der Waals surface area contributed by atoms with Crippen molar-refractivity contribution in [3.63, 3.8) is 0 Å². The Hall–Kier alpha value is -1.75. The molecule has 1 fully saturated rings. The zero-order valence-corrected chi connectivity index (χ0v) is 13.9. The van der Waals surface area contributed by atoms with Crippen LogP contribution >= 0.6 is 15.9 Å². The number of nitrogens with zero attached hydrogens (tertiary/aromatic N) is 1. The minimum Gasteiger partial charge on any atom is -0.376 e. The molecule has 4 nitrogen and oxygen atoms in total. The van der Waals surface area contributed by atoms with Gasteiger partial charge in [-0.05, 0) is 43.9 Å². The number of hydrogen-bond acceptors (Lipinski definition) is 3. The fourth-order valence-corrected chi connectivity index (χ4v) is 2.72. The van der Waals surface area contributed by atoms with E-state index in [1.165, 1.54) is 12.1 Å². The zero-order chi connectivity index (χ0) is 17.3. The average molecular weight is 390 g/mol. The van der Waals surface area contributed by atoms with Crippen molar-refractivity contribution in [2.45, 2.75) is 31.5 Å². The molecular weight excluding hydrogens is 375 g/mol. The summed E-state index contributed by atoms with van der Waals surface area (Å²) in [7, 11) is 0. The lowest BCUT2D eigenvalue weighted by molar-refractivity contribution is -0.138. The van der Waals surface area contributed by atoms with Crippen LogP contribution in [0.4, 0.5) is 18.9 Å². The second kappa shape index (κ2) is 6.40. The van der Waals surface area contributed by atoms with Crippen molar-refractivity contribution in [2.75, 3.05) is 11.9 Å². The highest BCUT2D eigenvalue weighted by Crippen LogP contribution is 2.39. The van der Waals surface area contributed by atoms with Crippen molar-refractivity contribution >= 4 is 27.5 Å². The van der Waals surface area contributed by atoms with Crippen LogP contribution in [0.3, 0.4) is 0 Å². The molecule has 1 amide bonds. The molecular formula is C15H15BrF3N3O. The van der Waals surface area contributed by atoms with Gasteiger partial charge in [-0.15, -0.1) is 0 Å². The Morgan fingerprint density at radius 1 is 1.43 bits per heavy atom. The number of nitrogens with one attached hydrogen (secondary N) is 2. The Morgan fingerprint density at radius 2 is 2.09 bits per heavy atom. The first-order valence-electron chi connectivity index (χ1n) is 6.98. The number of carbonyl (C=O) groups excluding carboxylic acids is 1. The molecule has 23 heavy (non-hydrogen) atoms. The van der Waals surface area contributed by atoms with Crippen molar-refractivity contribution < 1.29 is 18.0 Å². The summed E-state index contributed by atoms with van der Waals surface area (Å²) in [6.45, 7) is 1.45. The van der Waals surface area contributed by atoms with Gasteiger partial charge < -0.3 is 10.6 Å². The highest BCUT2D eigenvalue weighted by Gasteiger charge is 2.42. The molecule has 1 saturated carbocycles. The Bertz CT molecular complexity index is 652. The summed E-state index contributed by atoms with van der Waals surface area (Å²) < 4.78 is 38.4. The maximum absolute atomic E-state index is 12.8. The Kier molecular flexibility index (Phi) is 4.90. The van der Waals surface area contributed by atoms with Crippen molar-refractivity contribution in [3.8, 4) is 6.07 Å². The molecule has 0 saturated heterocycles. The quantitative estimate of drug-likeness (QED) is 0.806. The van der Waals surface area contributed by atoms with Crippen LogP contribution in [0.25, 0.3) is 0 Å². The van der Waals surface area contributed by atoms with Gasteiger partial charge in [-0.2, -0.15) is 18.4 Å². The van der Waals surface area contributed by atoms with Gasteiger partial charge in [0, 0.05) is 10.2 Å². The van der Waals surface area contributed by atoms with Crippen LogP contribution in [0.5, 0.6) is 0 Å². The highest BCUT2D eigenvalue weighted by atomic mass is 79.9. The third-order valence-electron chi connectivity index (χ3n) is 3.75. The van der Waals surface area contributed by atoms with E-state index in [4.69, 9.17) is 0 Å². The third-order valence-corrected chi connectivity index (χ3v) is 4.44. The number of alkyl halides is 3. The fraction of sp³-hybridized carbons (Fsp3) is 0.467. The zero-order valence-electron chi connectivity index (χ0n) is 12.3. The summed E-state index contributed by atoms with van der Waals surface area (Å²) in [5.74, 6) is -0.293. The topological polar surface area (TPSA) is 64.9 Å². The normalized spacial score (nSPS) is 17.0. The van der Waals surface area contributed by atoms with Gasteiger partial charge in [0.25, 0.3) is 0 Å². The van der Waals surface area contributed by atoms with E-state index in [-0.39, 0.29) is 22.6 Å². The molecule has 1 unspecified atom stereocenters. The van der Waals surface area contributed by atoms with Gasteiger partial charge in [0.2, 0.25) is 5.91 Å².